The molecule has 156 valence electrons. The summed E-state index contributed by atoms with van der Waals surface area (Å²) in [5, 5.41) is 0. The van der Waals surface area contributed by atoms with Gasteiger partial charge in [0, 0.05) is 12.1 Å². The van der Waals surface area contributed by atoms with Crippen molar-refractivity contribution in [3.63, 3.8) is 0 Å². The fraction of sp³-hybridized carbons (Fsp3) is 0.200. The highest BCUT2D eigenvalue weighted by Gasteiger charge is 2.27. The molecule has 0 radical (unpaired) electrons. The number of rotatable bonds is 10. The Labute approximate surface area is 186 Å². The minimum absolute atomic E-state index is 0.235. The van der Waals surface area contributed by atoms with E-state index in [1.807, 2.05) is 0 Å². The zero-order valence-corrected chi connectivity index (χ0v) is 19.5. The molecule has 2 rings (SSSR count). The molecule has 2 aromatic rings. The van der Waals surface area contributed by atoms with Crippen LogP contribution in [0.1, 0.15) is 0 Å². The molecule has 7 nitrogen and oxygen atoms in total. The molecule has 0 atom stereocenters. The number of benzene rings is 2. The second-order valence-corrected chi connectivity index (χ2v) is 6.88. The van der Waals surface area contributed by atoms with Crippen LogP contribution in [0, 0.1) is 0 Å². The molecule has 0 saturated carbocycles. The van der Waals surface area contributed by atoms with Crippen LogP contribution >= 0.6 is 31.9 Å². The van der Waals surface area contributed by atoms with Crippen molar-refractivity contribution >= 4 is 31.9 Å². The molecule has 0 amide bonds. The SMILES string of the molecule is C=COc1c(Br)cc(OC)c(Oc2c(OC)cc(Br)c(OC=C)c2OC)c1OC. The van der Waals surface area contributed by atoms with Gasteiger partial charge in [0.1, 0.15) is 0 Å². The highest BCUT2D eigenvalue weighted by Crippen LogP contribution is 2.55. The largest absolute Gasteiger partial charge is 0.493 e. The van der Waals surface area contributed by atoms with Crippen LogP contribution in [0.3, 0.4) is 0 Å². The number of hydrogen-bond acceptors (Lipinski definition) is 7. The van der Waals surface area contributed by atoms with Crippen LogP contribution in [0.2, 0.25) is 0 Å². The topological polar surface area (TPSA) is 64.6 Å². The quantitative estimate of drug-likeness (QED) is 0.344. The third-order valence-electron chi connectivity index (χ3n) is 3.68. The summed E-state index contributed by atoms with van der Waals surface area (Å²) in [6.07, 6.45) is 2.55. The Kier molecular flexibility index (Phi) is 8.10. The van der Waals surface area contributed by atoms with Gasteiger partial charge >= 0.3 is 0 Å². The molecule has 0 aliphatic heterocycles. The smallest absolute Gasteiger partial charge is 0.215 e. The molecule has 0 fully saturated rings. The van der Waals surface area contributed by atoms with Crippen LogP contribution in [-0.4, -0.2) is 28.4 Å². The van der Waals surface area contributed by atoms with Crippen LogP contribution in [0.5, 0.6) is 46.0 Å². The molecule has 0 saturated heterocycles. The predicted octanol–water partition coefficient (Wildman–Crippen LogP) is 6.08. The van der Waals surface area contributed by atoms with E-state index in [2.05, 4.69) is 45.0 Å². The first kappa shape index (κ1) is 22.8. The van der Waals surface area contributed by atoms with Crippen LogP contribution in [0.15, 0.2) is 46.8 Å². The maximum absolute atomic E-state index is 6.18. The van der Waals surface area contributed by atoms with Gasteiger partial charge in [-0.25, -0.2) is 0 Å². The highest BCUT2D eigenvalue weighted by atomic mass is 79.9. The molecule has 0 aliphatic rings. The highest BCUT2D eigenvalue weighted by molar-refractivity contribution is 9.11. The summed E-state index contributed by atoms with van der Waals surface area (Å²) < 4.78 is 40.3. The minimum Gasteiger partial charge on any atom is -0.493 e. The number of ether oxygens (including phenoxy) is 7. The van der Waals surface area contributed by atoms with Crippen LogP contribution in [-0.2, 0) is 0 Å². The van der Waals surface area contributed by atoms with Gasteiger partial charge in [0.05, 0.1) is 49.9 Å². The van der Waals surface area contributed by atoms with Gasteiger partial charge in [0.15, 0.2) is 23.0 Å². The molecule has 2 aromatic carbocycles. The van der Waals surface area contributed by atoms with E-state index in [0.29, 0.717) is 31.9 Å². The molecule has 0 aliphatic carbocycles. The van der Waals surface area contributed by atoms with E-state index in [1.165, 1.54) is 41.0 Å². The molecular formula is C20H20Br2O7. The van der Waals surface area contributed by atoms with Gasteiger partial charge in [-0.3, -0.25) is 0 Å². The normalized spacial score (nSPS) is 10.0. The first-order valence-corrected chi connectivity index (χ1v) is 9.67. The molecule has 29 heavy (non-hydrogen) atoms. The lowest BCUT2D eigenvalue weighted by atomic mass is 10.2. The summed E-state index contributed by atoms with van der Waals surface area (Å²) in [4.78, 5) is 0. The summed E-state index contributed by atoms with van der Waals surface area (Å²) >= 11 is 6.85. The fourth-order valence-corrected chi connectivity index (χ4v) is 3.46. The van der Waals surface area contributed by atoms with E-state index in [-0.39, 0.29) is 23.0 Å². The molecule has 0 bridgehead atoms. The van der Waals surface area contributed by atoms with Crippen molar-refractivity contribution in [2.24, 2.45) is 0 Å². The van der Waals surface area contributed by atoms with Gasteiger partial charge in [-0.05, 0) is 31.9 Å². The van der Waals surface area contributed by atoms with E-state index in [0.717, 1.165) is 0 Å². The molecular weight excluding hydrogens is 512 g/mol. The first-order chi connectivity index (χ1) is 14.0. The third kappa shape index (κ3) is 4.56. The molecule has 0 aromatic heterocycles. The Bertz CT molecular complexity index is 839. The molecule has 0 heterocycles. The third-order valence-corrected chi connectivity index (χ3v) is 4.85. The molecule has 0 N–H and O–H groups in total. The lowest BCUT2D eigenvalue weighted by Crippen LogP contribution is -2.02. The first-order valence-electron chi connectivity index (χ1n) is 8.09. The van der Waals surface area contributed by atoms with Crippen molar-refractivity contribution in [1.82, 2.24) is 0 Å². The van der Waals surface area contributed by atoms with Crippen molar-refractivity contribution in [2.45, 2.75) is 0 Å². The second kappa shape index (κ2) is 10.3. The van der Waals surface area contributed by atoms with E-state index in [4.69, 9.17) is 33.2 Å². The van der Waals surface area contributed by atoms with Crippen molar-refractivity contribution < 1.29 is 33.2 Å². The fourth-order valence-electron chi connectivity index (χ4n) is 2.49. The Morgan fingerprint density at radius 3 is 1.28 bits per heavy atom. The second-order valence-electron chi connectivity index (χ2n) is 5.18. The summed E-state index contributed by atoms with van der Waals surface area (Å²) in [5.41, 5.74) is 0. The van der Waals surface area contributed by atoms with Crippen molar-refractivity contribution in [1.29, 1.82) is 0 Å². The van der Waals surface area contributed by atoms with Crippen molar-refractivity contribution in [3.8, 4) is 46.0 Å². The van der Waals surface area contributed by atoms with Gasteiger partial charge in [-0.2, -0.15) is 0 Å². The van der Waals surface area contributed by atoms with Crippen LogP contribution < -0.4 is 33.2 Å². The summed E-state index contributed by atoms with van der Waals surface area (Å²) in [6.45, 7) is 7.17. The molecule has 0 unspecified atom stereocenters. The Morgan fingerprint density at radius 1 is 0.621 bits per heavy atom. The average Bonchev–Trinajstić information content (AvgIpc) is 2.72. The van der Waals surface area contributed by atoms with Gasteiger partial charge in [-0.1, -0.05) is 13.2 Å². The van der Waals surface area contributed by atoms with Crippen LogP contribution in [0.25, 0.3) is 0 Å². The average molecular weight is 532 g/mol. The van der Waals surface area contributed by atoms with Gasteiger partial charge in [0.25, 0.3) is 0 Å². The van der Waals surface area contributed by atoms with E-state index in [1.54, 1.807) is 12.1 Å². The maximum atomic E-state index is 6.18. The predicted molar refractivity (Wildman–Crippen MR) is 116 cm³/mol. The summed E-state index contributed by atoms with van der Waals surface area (Å²) in [5.74, 6) is 2.49. The van der Waals surface area contributed by atoms with E-state index >= 15 is 0 Å². The monoisotopic (exact) mass is 530 g/mol. The maximum Gasteiger partial charge on any atom is 0.215 e. The minimum atomic E-state index is 0.235. The zero-order valence-electron chi connectivity index (χ0n) is 16.3. The summed E-state index contributed by atoms with van der Waals surface area (Å²) in [7, 11) is 5.97. The Balaban J connectivity index is 2.79. The standard InChI is InChI=1S/C20H20Br2O7/c1-7-27-15-11(21)9-13(23-3)17(19(15)25-5)29-18-14(24-4)10-12(22)16(28-8-2)20(18)26-6/h7-10H,1-2H2,3-6H3. The Hall–Kier alpha value is -2.52. The lowest BCUT2D eigenvalue weighted by Gasteiger charge is -2.21. The summed E-state index contributed by atoms with van der Waals surface area (Å²) in [6, 6.07) is 3.35. The van der Waals surface area contributed by atoms with E-state index < -0.39 is 0 Å². The van der Waals surface area contributed by atoms with Crippen molar-refractivity contribution in [3.05, 3.63) is 46.8 Å². The van der Waals surface area contributed by atoms with Gasteiger partial charge in [-0.15, -0.1) is 0 Å². The number of halogens is 2. The van der Waals surface area contributed by atoms with Gasteiger partial charge < -0.3 is 33.2 Å². The van der Waals surface area contributed by atoms with Gasteiger partial charge in [0.2, 0.25) is 23.0 Å². The number of hydrogen-bond donors (Lipinski definition) is 0. The van der Waals surface area contributed by atoms with E-state index in [9.17, 15) is 0 Å². The van der Waals surface area contributed by atoms with Crippen LogP contribution in [0.4, 0.5) is 0 Å². The molecule has 0 spiro atoms. The zero-order chi connectivity index (χ0) is 21.6. The number of methoxy groups -OCH3 is 4. The van der Waals surface area contributed by atoms with Crippen molar-refractivity contribution in [2.75, 3.05) is 28.4 Å². The molecule has 9 heteroatoms. The lowest BCUT2D eigenvalue weighted by molar-refractivity contribution is 0.302. The Morgan fingerprint density at radius 2 is 1.00 bits per heavy atom.